The summed E-state index contributed by atoms with van der Waals surface area (Å²) in [7, 11) is 1.71. The van der Waals surface area contributed by atoms with Crippen LogP contribution in [0.5, 0.6) is 0 Å². The molecule has 8 heteroatoms. The molecule has 1 saturated heterocycles. The van der Waals surface area contributed by atoms with Crippen molar-refractivity contribution in [3.63, 3.8) is 0 Å². The average molecular weight is 485 g/mol. The van der Waals surface area contributed by atoms with E-state index in [2.05, 4.69) is 0 Å². The van der Waals surface area contributed by atoms with E-state index in [0.29, 0.717) is 40.9 Å². The standard InChI is InChI=1S/C25H25ClN2O4S/c1-3-32-25(31)18-7-5-11-28(15-18)23(29)17-9-10-21-20(14-17)27(2)24(30)22(33-21)13-16-6-4-8-19(26)12-16/h4,6,8-10,12-14,18H,3,5,7,11,15H2,1-2H3/b22-13-/t18-/m0/s1. The molecule has 0 unspecified atom stereocenters. The van der Waals surface area contributed by atoms with Gasteiger partial charge in [-0.1, -0.05) is 35.5 Å². The van der Waals surface area contributed by atoms with Crippen molar-refractivity contribution in [3.8, 4) is 0 Å². The molecular weight excluding hydrogens is 460 g/mol. The van der Waals surface area contributed by atoms with Gasteiger partial charge in [0, 0.05) is 35.6 Å². The van der Waals surface area contributed by atoms with Crippen LogP contribution in [0.1, 0.15) is 35.7 Å². The number of hydrogen-bond donors (Lipinski definition) is 0. The summed E-state index contributed by atoms with van der Waals surface area (Å²) in [5.74, 6) is -0.823. The van der Waals surface area contributed by atoms with Gasteiger partial charge < -0.3 is 14.5 Å². The summed E-state index contributed by atoms with van der Waals surface area (Å²) in [5.41, 5.74) is 2.04. The number of esters is 1. The summed E-state index contributed by atoms with van der Waals surface area (Å²) in [6, 6.07) is 12.7. The lowest BCUT2D eigenvalue weighted by Crippen LogP contribution is -2.43. The van der Waals surface area contributed by atoms with Crippen molar-refractivity contribution < 1.29 is 19.1 Å². The molecule has 0 aliphatic carbocycles. The second-order valence-corrected chi connectivity index (χ2v) is 9.57. The highest BCUT2D eigenvalue weighted by Crippen LogP contribution is 2.42. The number of likely N-dealkylation sites (tertiary alicyclic amines) is 1. The van der Waals surface area contributed by atoms with E-state index in [1.54, 1.807) is 42.0 Å². The molecule has 2 aliphatic heterocycles. The van der Waals surface area contributed by atoms with Crippen LogP contribution >= 0.6 is 23.4 Å². The molecule has 2 aromatic carbocycles. The number of fused-ring (bicyclic) bond motifs is 1. The number of ether oxygens (including phenoxy) is 1. The second kappa shape index (κ2) is 10.0. The first kappa shape index (κ1) is 23.4. The van der Waals surface area contributed by atoms with E-state index in [1.165, 1.54) is 11.8 Å². The smallest absolute Gasteiger partial charge is 0.310 e. The summed E-state index contributed by atoms with van der Waals surface area (Å²) < 4.78 is 5.14. The van der Waals surface area contributed by atoms with Crippen LogP contribution in [0.3, 0.4) is 0 Å². The maximum Gasteiger partial charge on any atom is 0.310 e. The Bertz CT molecular complexity index is 1130. The van der Waals surface area contributed by atoms with E-state index < -0.39 is 0 Å². The molecule has 1 fully saturated rings. The molecule has 4 rings (SSSR count). The number of benzene rings is 2. The van der Waals surface area contributed by atoms with E-state index in [0.717, 1.165) is 23.3 Å². The molecule has 2 heterocycles. The van der Waals surface area contributed by atoms with Gasteiger partial charge in [-0.05, 0) is 61.7 Å². The van der Waals surface area contributed by atoms with E-state index in [1.807, 2.05) is 30.3 Å². The topological polar surface area (TPSA) is 66.9 Å². The Morgan fingerprint density at radius 2 is 2.06 bits per heavy atom. The molecule has 2 aliphatic rings. The number of halogens is 1. The zero-order valence-electron chi connectivity index (χ0n) is 18.5. The quantitative estimate of drug-likeness (QED) is 0.457. The summed E-state index contributed by atoms with van der Waals surface area (Å²) in [5, 5.41) is 0.609. The van der Waals surface area contributed by atoms with Crippen molar-refractivity contribution in [2.24, 2.45) is 5.92 Å². The first-order valence-electron chi connectivity index (χ1n) is 10.9. The fraction of sp³-hybridized carbons (Fsp3) is 0.320. The van der Waals surface area contributed by atoms with Crippen LogP contribution in [-0.4, -0.2) is 49.4 Å². The first-order chi connectivity index (χ1) is 15.9. The highest BCUT2D eigenvalue weighted by molar-refractivity contribution is 8.04. The van der Waals surface area contributed by atoms with Crippen LogP contribution in [0.15, 0.2) is 52.3 Å². The van der Waals surface area contributed by atoms with Gasteiger partial charge in [0.05, 0.1) is 23.1 Å². The van der Waals surface area contributed by atoms with Crippen LogP contribution in [0.25, 0.3) is 6.08 Å². The molecule has 0 spiro atoms. The number of likely N-dealkylation sites (N-methyl/N-ethyl adjacent to an activating group) is 1. The van der Waals surface area contributed by atoms with Crippen LogP contribution in [-0.2, 0) is 14.3 Å². The minimum atomic E-state index is -0.292. The van der Waals surface area contributed by atoms with Crippen molar-refractivity contribution in [1.82, 2.24) is 4.90 Å². The maximum atomic E-state index is 13.2. The van der Waals surface area contributed by atoms with E-state index in [9.17, 15) is 14.4 Å². The molecule has 0 N–H and O–H groups in total. The highest BCUT2D eigenvalue weighted by Gasteiger charge is 2.31. The molecule has 33 heavy (non-hydrogen) atoms. The maximum absolute atomic E-state index is 13.2. The van der Waals surface area contributed by atoms with Crippen LogP contribution in [0.2, 0.25) is 5.02 Å². The number of thioether (sulfide) groups is 1. The predicted octanol–water partition coefficient (Wildman–Crippen LogP) is 4.86. The number of amides is 2. The van der Waals surface area contributed by atoms with Gasteiger partial charge in [0.2, 0.25) is 0 Å². The molecule has 1 atom stereocenters. The fourth-order valence-corrected chi connectivity index (χ4v) is 5.36. The summed E-state index contributed by atoms with van der Waals surface area (Å²) in [6.45, 7) is 3.06. The van der Waals surface area contributed by atoms with E-state index in [4.69, 9.17) is 16.3 Å². The van der Waals surface area contributed by atoms with Crippen molar-refractivity contribution in [1.29, 1.82) is 0 Å². The number of piperidine rings is 1. The van der Waals surface area contributed by atoms with Gasteiger partial charge in [0.1, 0.15) is 0 Å². The molecule has 6 nitrogen and oxygen atoms in total. The summed E-state index contributed by atoms with van der Waals surface area (Å²) in [6.07, 6.45) is 3.30. The Morgan fingerprint density at radius 1 is 1.24 bits per heavy atom. The second-order valence-electron chi connectivity index (χ2n) is 8.05. The molecular formula is C25H25ClN2O4S. The molecule has 2 amide bonds. The number of carbonyl (C=O) groups excluding carboxylic acids is 3. The molecule has 0 radical (unpaired) electrons. The third-order valence-electron chi connectivity index (χ3n) is 5.78. The first-order valence-corrected chi connectivity index (χ1v) is 12.1. The predicted molar refractivity (Wildman–Crippen MR) is 130 cm³/mol. The van der Waals surface area contributed by atoms with Crippen molar-refractivity contribution in [3.05, 3.63) is 63.5 Å². The third kappa shape index (κ3) is 5.09. The van der Waals surface area contributed by atoms with Crippen LogP contribution in [0, 0.1) is 5.92 Å². The Labute approximate surface area is 202 Å². The molecule has 0 bridgehead atoms. The normalized spacial score (nSPS) is 19.4. The van der Waals surface area contributed by atoms with Gasteiger partial charge in [0.25, 0.3) is 11.8 Å². The van der Waals surface area contributed by atoms with Crippen molar-refractivity contribution in [2.45, 2.75) is 24.7 Å². The fourth-order valence-electron chi connectivity index (χ4n) is 4.07. The lowest BCUT2D eigenvalue weighted by Gasteiger charge is -2.32. The SMILES string of the molecule is CCOC(=O)[C@H]1CCCN(C(=O)c2ccc3c(c2)N(C)C(=O)/C(=C/c2cccc(Cl)c2)S3)C1. The minimum Gasteiger partial charge on any atom is -0.466 e. The number of rotatable bonds is 4. The van der Waals surface area contributed by atoms with Crippen LogP contribution < -0.4 is 4.90 Å². The lowest BCUT2D eigenvalue weighted by atomic mass is 9.97. The summed E-state index contributed by atoms with van der Waals surface area (Å²) in [4.78, 5) is 43.1. The highest BCUT2D eigenvalue weighted by atomic mass is 35.5. The Morgan fingerprint density at radius 3 is 2.82 bits per heavy atom. The number of hydrogen-bond acceptors (Lipinski definition) is 5. The average Bonchev–Trinajstić information content (AvgIpc) is 2.82. The van der Waals surface area contributed by atoms with Gasteiger partial charge >= 0.3 is 5.97 Å². The molecule has 2 aromatic rings. The minimum absolute atomic E-state index is 0.141. The number of anilines is 1. The molecule has 0 aromatic heterocycles. The van der Waals surface area contributed by atoms with Gasteiger partial charge in [-0.15, -0.1) is 0 Å². The lowest BCUT2D eigenvalue weighted by molar-refractivity contribution is -0.149. The Balaban J connectivity index is 1.55. The van der Waals surface area contributed by atoms with Crippen molar-refractivity contribution in [2.75, 3.05) is 31.6 Å². The van der Waals surface area contributed by atoms with Gasteiger partial charge in [-0.3, -0.25) is 14.4 Å². The zero-order valence-corrected chi connectivity index (χ0v) is 20.1. The van der Waals surface area contributed by atoms with Crippen molar-refractivity contribution >= 4 is 52.9 Å². The third-order valence-corrected chi connectivity index (χ3v) is 7.09. The monoisotopic (exact) mass is 484 g/mol. The van der Waals surface area contributed by atoms with Gasteiger partial charge in [-0.25, -0.2) is 0 Å². The largest absolute Gasteiger partial charge is 0.466 e. The molecule has 0 saturated carbocycles. The molecule has 172 valence electrons. The Kier molecular flexibility index (Phi) is 7.10. The summed E-state index contributed by atoms with van der Waals surface area (Å²) >= 11 is 7.44. The van der Waals surface area contributed by atoms with E-state index in [-0.39, 0.29) is 23.7 Å². The Hall–Kier alpha value is -2.77. The zero-order chi connectivity index (χ0) is 23.5. The number of nitrogens with zero attached hydrogens (tertiary/aromatic N) is 2. The van der Waals surface area contributed by atoms with Gasteiger partial charge in [0.15, 0.2) is 0 Å². The van der Waals surface area contributed by atoms with E-state index >= 15 is 0 Å². The van der Waals surface area contributed by atoms with Crippen LogP contribution in [0.4, 0.5) is 5.69 Å². The van der Waals surface area contributed by atoms with Gasteiger partial charge in [-0.2, -0.15) is 0 Å². The number of carbonyl (C=O) groups is 3.